The van der Waals surface area contributed by atoms with Crippen LogP contribution in [0, 0.1) is 0 Å². The quantitative estimate of drug-likeness (QED) is 0.857. The summed E-state index contributed by atoms with van der Waals surface area (Å²) < 4.78 is 12.6. The van der Waals surface area contributed by atoms with Crippen LogP contribution in [0.15, 0.2) is 36.7 Å². The normalized spacial score (nSPS) is 15.3. The van der Waals surface area contributed by atoms with Crippen molar-refractivity contribution in [3.05, 3.63) is 42.2 Å². The maximum absolute atomic E-state index is 11.7. The Morgan fingerprint density at radius 3 is 2.74 bits per heavy atom. The smallest absolute Gasteiger partial charge is 0.341 e. The van der Waals surface area contributed by atoms with Gasteiger partial charge in [0.15, 0.2) is 0 Å². The molecule has 0 spiro atoms. The van der Waals surface area contributed by atoms with Crippen molar-refractivity contribution >= 4 is 5.97 Å². The molecule has 0 amide bonds. The molecule has 2 aromatic rings. The Labute approximate surface area is 135 Å². The summed E-state index contributed by atoms with van der Waals surface area (Å²) >= 11 is 0. The Hall–Kier alpha value is -2.34. The van der Waals surface area contributed by atoms with Crippen molar-refractivity contribution in [2.24, 2.45) is 0 Å². The van der Waals surface area contributed by atoms with Gasteiger partial charge < -0.3 is 14.8 Å². The molecule has 1 aromatic heterocycles. The molecule has 0 unspecified atom stereocenters. The predicted octanol–water partition coefficient (Wildman–Crippen LogP) is 2.18. The number of carbonyl (C=O) groups is 1. The average molecular weight is 315 g/mol. The van der Waals surface area contributed by atoms with E-state index in [0.717, 1.165) is 37.4 Å². The van der Waals surface area contributed by atoms with Crippen molar-refractivity contribution in [2.75, 3.05) is 19.7 Å². The van der Waals surface area contributed by atoms with Gasteiger partial charge in [-0.05, 0) is 57.1 Å². The number of hydrogen-bond donors (Lipinski definition) is 1. The molecule has 6 heteroatoms. The number of ether oxygens (including phenoxy) is 2. The molecule has 1 N–H and O–H groups in total. The second-order valence-corrected chi connectivity index (χ2v) is 5.46. The number of esters is 1. The molecule has 23 heavy (non-hydrogen) atoms. The Balaban J connectivity index is 1.66. The fourth-order valence-corrected chi connectivity index (χ4v) is 2.57. The van der Waals surface area contributed by atoms with E-state index in [2.05, 4.69) is 10.4 Å². The minimum atomic E-state index is -0.357. The van der Waals surface area contributed by atoms with E-state index < -0.39 is 0 Å². The van der Waals surface area contributed by atoms with Gasteiger partial charge >= 0.3 is 5.97 Å². The highest BCUT2D eigenvalue weighted by molar-refractivity contribution is 5.88. The predicted molar refractivity (Wildman–Crippen MR) is 86.0 cm³/mol. The SMILES string of the molecule is CCOC(=O)c1cnn(-c2ccc(OC3CCNCC3)cc2)c1. The summed E-state index contributed by atoms with van der Waals surface area (Å²) in [5.74, 6) is 0.503. The van der Waals surface area contributed by atoms with Gasteiger partial charge in [-0.3, -0.25) is 0 Å². The van der Waals surface area contributed by atoms with Crippen LogP contribution in [0.4, 0.5) is 0 Å². The summed E-state index contributed by atoms with van der Waals surface area (Å²) in [6.07, 6.45) is 5.52. The molecule has 1 aliphatic heterocycles. The molecule has 0 bridgehead atoms. The Kier molecular flexibility index (Phi) is 4.92. The van der Waals surface area contributed by atoms with Gasteiger partial charge in [-0.2, -0.15) is 5.10 Å². The van der Waals surface area contributed by atoms with Gasteiger partial charge in [-0.25, -0.2) is 9.48 Å². The van der Waals surface area contributed by atoms with Crippen molar-refractivity contribution in [1.82, 2.24) is 15.1 Å². The summed E-state index contributed by atoms with van der Waals surface area (Å²) in [7, 11) is 0. The fraction of sp³-hybridized carbons (Fsp3) is 0.412. The largest absolute Gasteiger partial charge is 0.490 e. The number of nitrogens with one attached hydrogen (secondary N) is 1. The topological polar surface area (TPSA) is 65.4 Å². The van der Waals surface area contributed by atoms with Gasteiger partial charge in [-0.15, -0.1) is 0 Å². The van der Waals surface area contributed by atoms with Gasteiger partial charge in [0.2, 0.25) is 0 Å². The molecule has 1 saturated heterocycles. The van der Waals surface area contributed by atoms with Crippen LogP contribution in [-0.2, 0) is 4.74 Å². The number of carbonyl (C=O) groups excluding carboxylic acids is 1. The summed E-state index contributed by atoms with van der Waals surface area (Å²) in [5.41, 5.74) is 1.32. The van der Waals surface area contributed by atoms with Crippen LogP contribution in [0.2, 0.25) is 0 Å². The number of piperidine rings is 1. The first-order valence-corrected chi connectivity index (χ1v) is 7.96. The van der Waals surface area contributed by atoms with Crippen molar-refractivity contribution < 1.29 is 14.3 Å². The fourth-order valence-electron chi connectivity index (χ4n) is 2.57. The van der Waals surface area contributed by atoms with Crippen molar-refractivity contribution in [1.29, 1.82) is 0 Å². The third kappa shape index (κ3) is 3.90. The van der Waals surface area contributed by atoms with Crippen LogP contribution in [0.1, 0.15) is 30.1 Å². The second kappa shape index (κ2) is 7.28. The van der Waals surface area contributed by atoms with E-state index in [-0.39, 0.29) is 12.1 Å². The zero-order chi connectivity index (χ0) is 16.1. The first-order chi connectivity index (χ1) is 11.3. The number of benzene rings is 1. The highest BCUT2D eigenvalue weighted by atomic mass is 16.5. The number of hydrogen-bond acceptors (Lipinski definition) is 5. The van der Waals surface area contributed by atoms with Crippen LogP contribution in [0.5, 0.6) is 5.75 Å². The first-order valence-electron chi connectivity index (χ1n) is 7.96. The van der Waals surface area contributed by atoms with Gasteiger partial charge in [-0.1, -0.05) is 0 Å². The lowest BCUT2D eigenvalue weighted by Gasteiger charge is -2.23. The second-order valence-electron chi connectivity index (χ2n) is 5.46. The highest BCUT2D eigenvalue weighted by Gasteiger charge is 2.14. The van der Waals surface area contributed by atoms with Crippen molar-refractivity contribution in [3.8, 4) is 11.4 Å². The first kappa shape index (κ1) is 15.6. The van der Waals surface area contributed by atoms with E-state index in [9.17, 15) is 4.79 Å². The summed E-state index contributed by atoms with van der Waals surface area (Å²) in [6, 6.07) is 7.73. The third-order valence-corrected chi connectivity index (χ3v) is 3.78. The molecule has 6 nitrogen and oxygen atoms in total. The van der Waals surface area contributed by atoms with Crippen LogP contribution in [-0.4, -0.2) is 41.6 Å². The molecule has 0 saturated carbocycles. The summed E-state index contributed by atoms with van der Waals surface area (Å²) in [5, 5.41) is 7.52. The zero-order valence-corrected chi connectivity index (χ0v) is 13.2. The van der Waals surface area contributed by atoms with Crippen LogP contribution in [0.3, 0.4) is 0 Å². The van der Waals surface area contributed by atoms with E-state index in [1.54, 1.807) is 17.8 Å². The van der Waals surface area contributed by atoms with E-state index >= 15 is 0 Å². The van der Waals surface area contributed by atoms with Gasteiger partial charge in [0.25, 0.3) is 0 Å². The van der Waals surface area contributed by atoms with Crippen molar-refractivity contribution in [2.45, 2.75) is 25.9 Å². The molecule has 3 rings (SSSR count). The molecule has 2 heterocycles. The Morgan fingerprint density at radius 2 is 2.04 bits per heavy atom. The van der Waals surface area contributed by atoms with E-state index in [1.165, 1.54) is 6.20 Å². The van der Waals surface area contributed by atoms with Gasteiger partial charge in [0.05, 0.1) is 24.1 Å². The van der Waals surface area contributed by atoms with Gasteiger partial charge in [0.1, 0.15) is 11.9 Å². The molecule has 0 aliphatic carbocycles. The Morgan fingerprint density at radius 1 is 1.30 bits per heavy atom. The average Bonchev–Trinajstić information content (AvgIpc) is 3.07. The maximum atomic E-state index is 11.7. The summed E-state index contributed by atoms with van der Waals surface area (Å²) in [6.45, 7) is 4.15. The lowest BCUT2D eigenvalue weighted by Crippen LogP contribution is -2.34. The lowest BCUT2D eigenvalue weighted by atomic mass is 10.1. The van der Waals surface area contributed by atoms with E-state index in [4.69, 9.17) is 9.47 Å². The molecule has 1 fully saturated rings. The molecule has 0 radical (unpaired) electrons. The molecule has 0 atom stereocenters. The minimum Gasteiger partial charge on any atom is -0.490 e. The molecular formula is C17H21N3O3. The van der Waals surface area contributed by atoms with E-state index in [1.807, 2.05) is 24.3 Å². The molecule has 1 aromatic carbocycles. The summed E-state index contributed by atoms with van der Waals surface area (Å²) in [4.78, 5) is 11.7. The lowest BCUT2D eigenvalue weighted by molar-refractivity contribution is 0.0526. The molecular weight excluding hydrogens is 294 g/mol. The monoisotopic (exact) mass is 315 g/mol. The number of aromatic nitrogens is 2. The highest BCUT2D eigenvalue weighted by Crippen LogP contribution is 2.19. The number of nitrogens with zero attached hydrogens (tertiary/aromatic N) is 2. The van der Waals surface area contributed by atoms with Crippen LogP contribution in [0.25, 0.3) is 5.69 Å². The molecule has 122 valence electrons. The maximum Gasteiger partial charge on any atom is 0.341 e. The Bertz CT molecular complexity index is 645. The third-order valence-electron chi connectivity index (χ3n) is 3.78. The number of rotatable bonds is 5. The van der Waals surface area contributed by atoms with Crippen LogP contribution >= 0.6 is 0 Å². The van der Waals surface area contributed by atoms with Gasteiger partial charge in [0, 0.05) is 6.20 Å². The standard InChI is InChI=1S/C17H21N3O3/c1-2-22-17(21)13-11-19-20(12-13)14-3-5-15(6-4-14)23-16-7-9-18-10-8-16/h3-6,11-12,16,18H,2,7-10H2,1H3. The van der Waals surface area contributed by atoms with Crippen molar-refractivity contribution in [3.63, 3.8) is 0 Å². The molecule has 1 aliphatic rings. The zero-order valence-electron chi connectivity index (χ0n) is 13.2. The minimum absolute atomic E-state index is 0.280. The van der Waals surface area contributed by atoms with Crippen LogP contribution < -0.4 is 10.1 Å². The van der Waals surface area contributed by atoms with E-state index in [0.29, 0.717) is 12.2 Å².